The SMILES string of the molecule is CC(C)(C)c1ccc(Nc2c(Cl)cc(N)cc2Cl)cc1. The summed E-state index contributed by atoms with van der Waals surface area (Å²) in [5, 5.41) is 4.25. The first kappa shape index (κ1) is 15.0. The summed E-state index contributed by atoms with van der Waals surface area (Å²) in [7, 11) is 0. The number of hydrogen-bond donors (Lipinski definition) is 2. The quantitative estimate of drug-likeness (QED) is 0.707. The molecule has 0 bridgehead atoms. The van der Waals surface area contributed by atoms with E-state index in [0.29, 0.717) is 21.4 Å². The van der Waals surface area contributed by atoms with Crippen molar-refractivity contribution in [3.63, 3.8) is 0 Å². The van der Waals surface area contributed by atoms with E-state index < -0.39 is 0 Å². The predicted octanol–water partition coefficient (Wildman–Crippen LogP) is 5.62. The molecule has 106 valence electrons. The van der Waals surface area contributed by atoms with Crippen molar-refractivity contribution in [1.82, 2.24) is 0 Å². The number of hydrogen-bond acceptors (Lipinski definition) is 2. The van der Waals surface area contributed by atoms with Gasteiger partial charge in [0, 0.05) is 11.4 Å². The highest BCUT2D eigenvalue weighted by atomic mass is 35.5. The lowest BCUT2D eigenvalue weighted by Crippen LogP contribution is -2.10. The molecule has 2 rings (SSSR count). The molecule has 4 heteroatoms. The van der Waals surface area contributed by atoms with Crippen molar-refractivity contribution in [2.75, 3.05) is 11.1 Å². The first-order valence-electron chi connectivity index (χ1n) is 6.39. The van der Waals surface area contributed by atoms with Crippen LogP contribution in [0.25, 0.3) is 0 Å². The first-order valence-corrected chi connectivity index (χ1v) is 7.15. The minimum atomic E-state index is 0.134. The smallest absolute Gasteiger partial charge is 0.0764 e. The van der Waals surface area contributed by atoms with Gasteiger partial charge in [0.25, 0.3) is 0 Å². The minimum Gasteiger partial charge on any atom is -0.399 e. The summed E-state index contributed by atoms with van der Waals surface area (Å²) in [5.74, 6) is 0. The molecular formula is C16H18Cl2N2. The molecule has 0 aliphatic carbocycles. The van der Waals surface area contributed by atoms with Crippen LogP contribution in [0.15, 0.2) is 36.4 Å². The molecule has 0 amide bonds. The zero-order valence-electron chi connectivity index (χ0n) is 11.8. The van der Waals surface area contributed by atoms with Crippen molar-refractivity contribution in [2.24, 2.45) is 0 Å². The first-order chi connectivity index (χ1) is 9.27. The second-order valence-corrected chi connectivity index (χ2v) is 6.63. The van der Waals surface area contributed by atoms with Crippen LogP contribution in [0.4, 0.5) is 17.1 Å². The molecule has 0 saturated heterocycles. The van der Waals surface area contributed by atoms with Crippen molar-refractivity contribution < 1.29 is 0 Å². The molecule has 0 heterocycles. The average molecular weight is 309 g/mol. The molecule has 20 heavy (non-hydrogen) atoms. The lowest BCUT2D eigenvalue weighted by atomic mass is 9.87. The van der Waals surface area contributed by atoms with Crippen molar-refractivity contribution in [1.29, 1.82) is 0 Å². The summed E-state index contributed by atoms with van der Waals surface area (Å²) in [5.41, 5.74) is 9.26. The maximum absolute atomic E-state index is 6.16. The van der Waals surface area contributed by atoms with Crippen LogP contribution in [-0.2, 0) is 5.41 Å². The largest absolute Gasteiger partial charge is 0.399 e. The molecule has 2 aromatic rings. The van der Waals surface area contributed by atoms with E-state index in [2.05, 4.69) is 38.2 Å². The van der Waals surface area contributed by atoms with Crippen LogP contribution in [-0.4, -0.2) is 0 Å². The minimum absolute atomic E-state index is 0.134. The number of benzene rings is 2. The van der Waals surface area contributed by atoms with Gasteiger partial charge in [-0.25, -0.2) is 0 Å². The van der Waals surface area contributed by atoms with Crippen LogP contribution in [0.1, 0.15) is 26.3 Å². The van der Waals surface area contributed by atoms with Gasteiger partial charge in [-0.3, -0.25) is 0 Å². The highest BCUT2D eigenvalue weighted by Crippen LogP contribution is 2.35. The Kier molecular flexibility index (Phi) is 4.17. The van der Waals surface area contributed by atoms with Gasteiger partial charge in [-0.05, 0) is 35.2 Å². The molecule has 2 aromatic carbocycles. The van der Waals surface area contributed by atoms with E-state index >= 15 is 0 Å². The third-order valence-electron chi connectivity index (χ3n) is 3.08. The summed E-state index contributed by atoms with van der Waals surface area (Å²) < 4.78 is 0. The fraction of sp³-hybridized carbons (Fsp3) is 0.250. The van der Waals surface area contributed by atoms with E-state index in [1.165, 1.54) is 5.56 Å². The maximum atomic E-state index is 6.16. The van der Waals surface area contributed by atoms with Crippen LogP contribution >= 0.6 is 23.2 Å². The highest BCUT2D eigenvalue weighted by molar-refractivity contribution is 6.39. The lowest BCUT2D eigenvalue weighted by Gasteiger charge is -2.19. The van der Waals surface area contributed by atoms with Gasteiger partial charge in [-0.1, -0.05) is 56.1 Å². The second-order valence-electron chi connectivity index (χ2n) is 5.81. The fourth-order valence-corrected chi connectivity index (χ4v) is 2.51. The summed E-state index contributed by atoms with van der Waals surface area (Å²) in [4.78, 5) is 0. The molecule has 0 radical (unpaired) electrons. The molecule has 0 unspecified atom stereocenters. The molecule has 0 aliphatic heterocycles. The van der Waals surface area contributed by atoms with Gasteiger partial charge in [0.05, 0.1) is 15.7 Å². The van der Waals surface area contributed by atoms with Crippen molar-refractivity contribution in [2.45, 2.75) is 26.2 Å². The van der Waals surface area contributed by atoms with Crippen molar-refractivity contribution in [3.8, 4) is 0 Å². The lowest BCUT2D eigenvalue weighted by molar-refractivity contribution is 0.590. The molecule has 0 spiro atoms. The van der Waals surface area contributed by atoms with Crippen LogP contribution in [0.3, 0.4) is 0 Å². The zero-order chi connectivity index (χ0) is 14.9. The number of nitrogens with two attached hydrogens (primary N) is 1. The summed E-state index contributed by atoms with van der Waals surface area (Å²) >= 11 is 12.3. The van der Waals surface area contributed by atoms with E-state index in [1.807, 2.05) is 12.1 Å². The average Bonchev–Trinajstić information content (AvgIpc) is 2.33. The van der Waals surface area contributed by atoms with E-state index in [1.54, 1.807) is 12.1 Å². The summed E-state index contributed by atoms with van der Waals surface area (Å²) in [6, 6.07) is 11.6. The Morgan fingerprint density at radius 3 is 1.90 bits per heavy atom. The van der Waals surface area contributed by atoms with Gasteiger partial charge >= 0.3 is 0 Å². The molecule has 0 atom stereocenters. The monoisotopic (exact) mass is 308 g/mol. The number of nitrogens with one attached hydrogen (secondary N) is 1. The number of nitrogen functional groups attached to an aromatic ring is 1. The maximum Gasteiger partial charge on any atom is 0.0764 e. The predicted molar refractivity (Wildman–Crippen MR) is 89.3 cm³/mol. The third kappa shape index (κ3) is 3.38. The van der Waals surface area contributed by atoms with Crippen LogP contribution in [0.2, 0.25) is 10.0 Å². The number of halogens is 2. The van der Waals surface area contributed by atoms with Crippen LogP contribution < -0.4 is 11.1 Å². The topological polar surface area (TPSA) is 38.0 Å². The van der Waals surface area contributed by atoms with E-state index in [4.69, 9.17) is 28.9 Å². The van der Waals surface area contributed by atoms with E-state index in [9.17, 15) is 0 Å². The molecule has 0 aliphatic rings. The van der Waals surface area contributed by atoms with Gasteiger partial charge in [0.15, 0.2) is 0 Å². The normalized spacial score (nSPS) is 11.4. The molecule has 2 nitrogen and oxygen atoms in total. The van der Waals surface area contributed by atoms with E-state index in [-0.39, 0.29) is 5.41 Å². The molecule has 0 saturated carbocycles. The summed E-state index contributed by atoms with van der Waals surface area (Å²) in [6.45, 7) is 6.55. The highest BCUT2D eigenvalue weighted by Gasteiger charge is 2.13. The zero-order valence-corrected chi connectivity index (χ0v) is 13.3. The van der Waals surface area contributed by atoms with E-state index in [0.717, 1.165) is 5.69 Å². The Labute approximate surface area is 129 Å². The number of anilines is 3. The van der Waals surface area contributed by atoms with Gasteiger partial charge in [-0.15, -0.1) is 0 Å². The van der Waals surface area contributed by atoms with Crippen molar-refractivity contribution in [3.05, 3.63) is 52.0 Å². The number of rotatable bonds is 2. The Morgan fingerprint density at radius 2 is 1.45 bits per heavy atom. The molecule has 3 N–H and O–H groups in total. The van der Waals surface area contributed by atoms with Crippen LogP contribution in [0.5, 0.6) is 0 Å². The Bertz CT molecular complexity index is 590. The molecular weight excluding hydrogens is 291 g/mol. The van der Waals surface area contributed by atoms with Gasteiger partial charge < -0.3 is 11.1 Å². The van der Waals surface area contributed by atoms with Gasteiger partial charge in [-0.2, -0.15) is 0 Å². The van der Waals surface area contributed by atoms with Gasteiger partial charge in [0.2, 0.25) is 0 Å². The molecule has 0 aromatic heterocycles. The molecule has 0 fully saturated rings. The van der Waals surface area contributed by atoms with Crippen LogP contribution in [0, 0.1) is 0 Å². The third-order valence-corrected chi connectivity index (χ3v) is 3.68. The van der Waals surface area contributed by atoms with Crippen molar-refractivity contribution >= 4 is 40.3 Å². The Balaban J connectivity index is 2.27. The standard InChI is InChI=1S/C16H18Cl2N2/c1-16(2,3)10-4-6-12(7-5-10)20-15-13(17)8-11(19)9-14(15)18/h4-9,20H,19H2,1-3H3. The summed E-state index contributed by atoms with van der Waals surface area (Å²) in [6.07, 6.45) is 0. The Morgan fingerprint density at radius 1 is 0.950 bits per heavy atom. The fourth-order valence-electron chi connectivity index (χ4n) is 1.91. The second kappa shape index (κ2) is 5.55. The van der Waals surface area contributed by atoms with Gasteiger partial charge in [0.1, 0.15) is 0 Å². The Hall–Kier alpha value is -1.38.